The Morgan fingerprint density at radius 2 is 2.10 bits per heavy atom. The molecule has 0 unspecified atom stereocenters. The molecule has 1 saturated carbocycles. The predicted molar refractivity (Wildman–Crippen MR) is 80.6 cm³/mol. The molecule has 0 amide bonds. The first-order chi connectivity index (χ1) is 9.70. The van der Waals surface area contributed by atoms with Crippen LogP contribution >= 0.6 is 0 Å². The Kier molecular flexibility index (Phi) is 4.01. The summed E-state index contributed by atoms with van der Waals surface area (Å²) in [7, 11) is 0. The molecule has 3 rings (SSSR count). The van der Waals surface area contributed by atoms with Gasteiger partial charge in [0.2, 0.25) is 0 Å². The number of fused-ring (bicyclic) bond motifs is 1. The second-order valence-electron chi connectivity index (χ2n) is 6.31. The molecule has 108 valence electrons. The molecule has 0 spiro atoms. The highest BCUT2D eigenvalue weighted by Gasteiger charge is 2.17. The number of aryl methyl sites for hydroxylation is 1. The lowest BCUT2D eigenvalue weighted by atomic mass is 9.83. The minimum absolute atomic E-state index is 0.856. The fourth-order valence-corrected chi connectivity index (χ4v) is 3.08. The zero-order valence-corrected chi connectivity index (χ0v) is 12.5. The average Bonchev–Trinajstić information content (AvgIpc) is 2.80. The summed E-state index contributed by atoms with van der Waals surface area (Å²) in [5, 5.41) is 7.98. The van der Waals surface area contributed by atoms with Crippen LogP contribution < -0.4 is 5.32 Å². The van der Waals surface area contributed by atoms with E-state index in [1.807, 2.05) is 23.7 Å². The molecule has 0 aromatic carbocycles. The minimum atomic E-state index is 0.856. The van der Waals surface area contributed by atoms with E-state index in [-0.39, 0.29) is 0 Å². The minimum Gasteiger partial charge on any atom is -0.312 e. The Bertz CT molecular complexity index is 567. The van der Waals surface area contributed by atoms with Gasteiger partial charge in [0.25, 0.3) is 0 Å². The van der Waals surface area contributed by atoms with Crippen molar-refractivity contribution in [3.63, 3.8) is 0 Å². The topological polar surface area (TPSA) is 42.2 Å². The third kappa shape index (κ3) is 3.18. The van der Waals surface area contributed by atoms with Crippen molar-refractivity contribution in [3.8, 4) is 0 Å². The van der Waals surface area contributed by atoms with E-state index in [1.165, 1.54) is 31.2 Å². The van der Waals surface area contributed by atoms with Gasteiger partial charge in [0, 0.05) is 30.6 Å². The van der Waals surface area contributed by atoms with Crippen LogP contribution in [0.3, 0.4) is 0 Å². The van der Waals surface area contributed by atoms with Gasteiger partial charge in [-0.3, -0.25) is 0 Å². The lowest BCUT2D eigenvalue weighted by molar-refractivity contribution is 0.281. The normalized spacial score (nSPS) is 23.3. The van der Waals surface area contributed by atoms with Crippen molar-refractivity contribution in [2.45, 2.75) is 46.1 Å². The second-order valence-corrected chi connectivity index (χ2v) is 6.31. The van der Waals surface area contributed by atoms with Gasteiger partial charge < -0.3 is 5.32 Å². The molecule has 0 radical (unpaired) electrons. The van der Waals surface area contributed by atoms with Gasteiger partial charge in [0.15, 0.2) is 5.65 Å². The first kappa shape index (κ1) is 13.6. The van der Waals surface area contributed by atoms with Crippen molar-refractivity contribution >= 4 is 5.65 Å². The Labute approximate surface area is 120 Å². The lowest BCUT2D eigenvalue weighted by Crippen LogP contribution is -2.25. The van der Waals surface area contributed by atoms with Crippen LogP contribution in [0.2, 0.25) is 0 Å². The number of hydrogen-bond acceptors (Lipinski definition) is 3. The second kappa shape index (κ2) is 5.92. The highest BCUT2D eigenvalue weighted by molar-refractivity contribution is 5.38. The molecule has 20 heavy (non-hydrogen) atoms. The van der Waals surface area contributed by atoms with Crippen LogP contribution in [0.1, 0.15) is 43.9 Å². The Hall–Kier alpha value is -1.42. The van der Waals surface area contributed by atoms with E-state index in [1.54, 1.807) is 0 Å². The maximum absolute atomic E-state index is 4.44. The zero-order chi connectivity index (χ0) is 13.9. The van der Waals surface area contributed by atoms with Crippen LogP contribution in [0.5, 0.6) is 0 Å². The standard InChI is InChI=1S/C16H24N4/c1-12-3-5-14(6-4-12)8-17-9-15-10-18-16-7-13(2)19-20(16)11-15/h7,10-12,14,17H,3-6,8-9H2,1-2H3. The summed E-state index contributed by atoms with van der Waals surface area (Å²) >= 11 is 0. The number of aromatic nitrogens is 3. The molecule has 1 N–H and O–H groups in total. The number of nitrogens with zero attached hydrogens (tertiary/aromatic N) is 3. The van der Waals surface area contributed by atoms with Crippen LogP contribution in [0, 0.1) is 18.8 Å². The fourth-order valence-electron chi connectivity index (χ4n) is 3.08. The van der Waals surface area contributed by atoms with Crippen molar-refractivity contribution in [2.24, 2.45) is 11.8 Å². The molecule has 2 heterocycles. The van der Waals surface area contributed by atoms with Crippen LogP contribution in [0.4, 0.5) is 0 Å². The van der Waals surface area contributed by atoms with Crippen molar-refractivity contribution in [2.75, 3.05) is 6.54 Å². The van der Waals surface area contributed by atoms with Crippen molar-refractivity contribution in [3.05, 3.63) is 29.7 Å². The van der Waals surface area contributed by atoms with E-state index in [9.17, 15) is 0 Å². The lowest BCUT2D eigenvalue weighted by Gasteiger charge is -2.26. The van der Waals surface area contributed by atoms with Gasteiger partial charge in [-0.1, -0.05) is 19.8 Å². The van der Waals surface area contributed by atoms with Gasteiger partial charge in [-0.15, -0.1) is 0 Å². The van der Waals surface area contributed by atoms with Crippen molar-refractivity contribution in [1.82, 2.24) is 19.9 Å². The molecule has 2 aromatic rings. The van der Waals surface area contributed by atoms with Crippen LogP contribution in [-0.2, 0) is 6.54 Å². The highest BCUT2D eigenvalue weighted by atomic mass is 15.2. The third-order valence-electron chi connectivity index (χ3n) is 4.39. The largest absolute Gasteiger partial charge is 0.312 e. The van der Waals surface area contributed by atoms with Gasteiger partial charge in [0.05, 0.1) is 5.69 Å². The summed E-state index contributed by atoms with van der Waals surface area (Å²) in [4.78, 5) is 4.44. The molecule has 0 atom stereocenters. The summed E-state index contributed by atoms with van der Waals surface area (Å²) in [6.45, 7) is 6.38. The summed E-state index contributed by atoms with van der Waals surface area (Å²) in [5.41, 5.74) is 3.14. The molecular weight excluding hydrogens is 248 g/mol. The molecule has 4 nitrogen and oxygen atoms in total. The molecule has 0 bridgehead atoms. The maximum Gasteiger partial charge on any atom is 0.155 e. The smallest absolute Gasteiger partial charge is 0.155 e. The van der Waals surface area contributed by atoms with Crippen LogP contribution in [0.25, 0.3) is 5.65 Å². The maximum atomic E-state index is 4.44. The molecule has 1 aliphatic rings. The number of nitrogens with one attached hydrogen (secondary N) is 1. The van der Waals surface area contributed by atoms with Gasteiger partial charge >= 0.3 is 0 Å². The third-order valence-corrected chi connectivity index (χ3v) is 4.39. The van der Waals surface area contributed by atoms with E-state index in [4.69, 9.17) is 0 Å². The van der Waals surface area contributed by atoms with E-state index < -0.39 is 0 Å². The summed E-state index contributed by atoms with van der Waals surface area (Å²) in [6.07, 6.45) is 9.57. The van der Waals surface area contributed by atoms with Crippen LogP contribution in [-0.4, -0.2) is 21.1 Å². The number of rotatable bonds is 4. The first-order valence-corrected chi connectivity index (χ1v) is 7.72. The van der Waals surface area contributed by atoms with Gasteiger partial charge in [-0.2, -0.15) is 5.10 Å². The molecule has 1 fully saturated rings. The monoisotopic (exact) mass is 272 g/mol. The molecule has 0 saturated heterocycles. The summed E-state index contributed by atoms with van der Waals surface area (Å²) in [6, 6.07) is 2.00. The predicted octanol–water partition coefficient (Wildman–Crippen LogP) is 2.95. The fraction of sp³-hybridized carbons (Fsp3) is 0.625. The molecular formula is C16H24N4. The molecule has 4 heteroatoms. The molecule has 1 aliphatic carbocycles. The summed E-state index contributed by atoms with van der Waals surface area (Å²) < 4.78 is 1.87. The van der Waals surface area contributed by atoms with Crippen LogP contribution in [0.15, 0.2) is 18.5 Å². The Morgan fingerprint density at radius 1 is 1.30 bits per heavy atom. The highest BCUT2D eigenvalue weighted by Crippen LogP contribution is 2.27. The Morgan fingerprint density at radius 3 is 2.90 bits per heavy atom. The van der Waals surface area contributed by atoms with E-state index >= 15 is 0 Å². The van der Waals surface area contributed by atoms with Gasteiger partial charge in [0.1, 0.15) is 0 Å². The Balaban J connectivity index is 1.52. The number of hydrogen-bond donors (Lipinski definition) is 1. The van der Waals surface area contributed by atoms with Crippen molar-refractivity contribution in [1.29, 1.82) is 0 Å². The molecule has 2 aromatic heterocycles. The van der Waals surface area contributed by atoms with Crippen molar-refractivity contribution < 1.29 is 0 Å². The quantitative estimate of drug-likeness (QED) is 0.930. The van der Waals surface area contributed by atoms with Gasteiger partial charge in [-0.05, 0) is 38.1 Å². The first-order valence-electron chi connectivity index (χ1n) is 7.72. The van der Waals surface area contributed by atoms with E-state index in [0.717, 1.165) is 36.3 Å². The summed E-state index contributed by atoms with van der Waals surface area (Å²) in [5.74, 6) is 1.79. The molecule has 0 aliphatic heterocycles. The van der Waals surface area contributed by atoms with Gasteiger partial charge in [-0.25, -0.2) is 9.50 Å². The van der Waals surface area contributed by atoms with E-state index in [0.29, 0.717) is 0 Å². The average molecular weight is 272 g/mol. The van der Waals surface area contributed by atoms with E-state index in [2.05, 4.69) is 28.5 Å². The zero-order valence-electron chi connectivity index (χ0n) is 12.5. The SMILES string of the molecule is Cc1cc2ncc(CNCC3CCC(C)CC3)cn2n1.